The van der Waals surface area contributed by atoms with Crippen molar-refractivity contribution in [2.75, 3.05) is 36.0 Å². The van der Waals surface area contributed by atoms with Gasteiger partial charge in [0.05, 0.1) is 10.8 Å². The molecule has 0 atom stereocenters. The average Bonchev–Trinajstić information content (AvgIpc) is 1.63. The van der Waals surface area contributed by atoms with Gasteiger partial charge in [-0.15, -0.1) is 10.2 Å². The lowest BCUT2D eigenvalue weighted by atomic mass is 9.81. The molecule has 0 bridgehead atoms. The smallest absolute Gasteiger partial charge is 0.209 e. The van der Waals surface area contributed by atoms with Gasteiger partial charge in [0.2, 0.25) is 11.4 Å². The Morgan fingerprint density at radius 3 is 0.811 bits per heavy atom. The van der Waals surface area contributed by atoms with Crippen LogP contribution >= 0.6 is 0 Å². The molecule has 0 N–H and O–H groups in total. The van der Waals surface area contributed by atoms with Crippen LogP contribution in [0.15, 0.2) is 194 Å². The second kappa shape index (κ2) is 51.7. The number of nitrogens with zero attached hydrogens (tertiary/aromatic N) is 4. The maximum atomic E-state index is 8.49. The number of allylic oxidation sites excluding steroid dienone is 16. The number of hydrogen-bond donors (Lipinski definition) is 0. The first kappa shape index (κ1) is 93.7. The zero-order valence-corrected chi connectivity index (χ0v) is 73.0. The lowest BCUT2D eigenvalue weighted by molar-refractivity contribution is -2.00. The van der Waals surface area contributed by atoms with Gasteiger partial charge in [-0.2, -0.15) is 9.15 Å². The number of benzene rings is 4. The maximum absolute atomic E-state index is 8.49. The van der Waals surface area contributed by atoms with E-state index in [9.17, 15) is 0 Å². The molecule has 111 heavy (non-hydrogen) atoms. The van der Waals surface area contributed by atoms with E-state index in [1.807, 2.05) is 0 Å². The van der Waals surface area contributed by atoms with Gasteiger partial charge in [0.15, 0.2) is 11.4 Å². The monoisotopic (exact) mass is 1530 g/mol. The van der Waals surface area contributed by atoms with E-state index < -0.39 is 10.2 Å². The van der Waals surface area contributed by atoms with Gasteiger partial charge in [-0.05, 0) is 88.8 Å². The van der Waals surface area contributed by atoms with Crippen molar-refractivity contribution < 1.29 is 38.0 Å². The first-order chi connectivity index (χ1) is 53.7. The van der Waals surface area contributed by atoms with Gasteiger partial charge in [-0.1, -0.05) is 407 Å². The van der Waals surface area contributed by atoms with Crippen LogP contribution in [-0.2, 0) is 21.7 Å². The van der Waals surface area contributed by atoms with E-state index in [1.54, 1.807) is 0 Å². The Hall–Kier alpha value is -6.13. The molecule has 8 rings (SSSR count). The van der Waals surface area contributed by atoms with Crippen LogP contribution in [0, 0.1) is 10.2 Å². The molecule has 8 nitrogen and oxygen atoms in total. The number of fused-ring (bicyclic) bond motifs is 4. The lowest BCUT2D eigenvalue weighted by Crippen LogP contribution is -2.68. The van der Waals surface area contributed by atoms with Crippen molar-refractivity contribution in [2.45, 2.75) is 362 Å². The van der Waals surface area contributed by atoms with Crippen LogP contribution in [0.1, 0.15) is 362 Å². The van der Waals surface area contributed by atoms with Crippen LogP contribution in [0.2, 0.25) is 0 Å². The van der Waals surface area contributed by atoms with E-state index in [2.05, 4.69) is 284 Å². The molecule has 0 saturated carbocycles. The zero-order chi connectivity index (χ0) is 80.1. The van der Waals surface area contributed by atoms with Crippen LogP contribution in [0.5, 0.6) is 0 Å². The van der Waals surface area contributed by atoms with Gasteiger partial charge in [-0.25, -0.2) is 18.6 Å². The maximum Gasteiger partial charge on any atom is 0.209 e. The Balaban J connectivity index is 0.000000326. The van der Waals surface area contributed by atoms with Crippen molar-refractivity contribution in [2.24, 2.45) is 0 Å². The molecular formula is C102H154ClN4O4+. The molecule has 4 aliphatic heterocycles. The molecule has 4 aromatic carbocycles. The first-order valence-electron chi connectivity index (χ1n) is 45.0. The van der Waals surface area contributed by atoms with Crippen LogP contribution < -0.4 is 28.4 Å². The van der Waals surface area contributed by atoms with Crippen molar-refractivity contribution in [3.8, 4) is 0 Å². The second-order valence-electron chi connectivity index (χ2n) is 34.4. The highest BCUT2D eigenvalue weighted by Crippen LogP contribution is 2.50. The third-order valence-electron chi connectivity index (χ3n) is 24.0. The minimum atomic E-state index is -4.94. The topological polar surface area (TPSA) is 105 Å². The fraction of sp³-hybridized carbons (Fsp3) is 0.588. The largest absolute Gasteiger partial charge is 0.344 e. The predicted octanol–water partition coefficient (Wildman–Crippen LogP) is 25.8. The van der Waals surface area contributed by atoms with Crippen molar-refractivity contribution in [1.82, 2.24) is 0 Å². The molecule has 0 amide bonds. The van der Waals surface area contributed by atoms with E-state index in [-0.39, 0.29) is 21.7 Å². The van der Waals surface area contributed by atoms with Crippen LogP contribution in [0.25, 0.3) is 0 Å². The molecule has 0 saturated heterocycles. The quantitative estimate of drug-likeness (QED) is 0.0248. The van der Waals surface area contributed by atoms with Crippen molar-refractivity contribution in [3.63, 3.8) is 0 Å². The molecule has 9 heteroatoms. The molecule has 4 aromatic rings. The summed E-state index contributed by atoms with van der Waals surface area (Å²) in [6.07, 6.45) is 86.6. The van der Waals surface area contributed by atoms with Gasteiger partial charge >= 0.3 is 0 Å². The van der Waals surface area contributed by atoms with Crippen molar-refractivity contribution in [3.05, 3.63) is 216 Å². The minimum absolute atomic E-state index is 0.000442. The molecule has 0 spiro atoms. The number of halogens is 1. The van der Waals surface area contributed by atoms with Crippen LogP contribution in [0.4, 0.5) is 22.7 Å². The van der Waals surface area contributed by atoms with Crippen molar-refractivity contribution >= 4 is 34.2 Å². The highest BCUT2D eigenvalue weighted by Gasteiger charge is 2.46. The number of rotatable bonds is 52. The van der Waals surface area contributed by atoms with Crippen LogP contribution in [-0.4, -0.2) is 46.8 Å². The standard InChI is InChI=1S/2C51H77N2.ClHO4/c2*1-7-9-11-13-15-17-19-21-26-34-42-52-46-38-32-30-36-44(46)50(3,4)48(52)40-28-24-23-25-29-41-49-51(5,6)45-37-31-33-39-47(45)53(49)43-35-27-22-20-18-16-14-12-10-8-2;2-1(3,4)5/h2*23-25,28-33,36-41H,7-22,26-27,34-35,42-43H2,1-6H3;(H,2,3,4,5)/q2*+1;/p-1. The second-order valence-corrected chi connectivity index (χ2v) is 35.2. The number of anilines is 2. The van der Waals surface area contributed by atoms with Gasteiger partial charge in [-0.3, -0.25) is 0 Å². The van der Waals surface area contributed by atoms with Crippen LogP contribution in [0.3, 0.4) is 0 Å². The summed E-state index contributed by atoms with van der Waals surface area (Å²) in [7, 11) is -4.94. The SMILES string of the molecule is CCCCCCCCCCCCN1C(=CC=CC=CC=CC2=[N+](CCCCCCCCCCCC)c3ccccc3C2(C)C)C(C)(C)c2ccccc21.CCCCCCCCCCCCN1C(=CC=CC=CC=CC2=[N+](CCCCCCCCCCCC)c3ccccc3C2(C)C)C(C)(C)c2ccccc21.[O-][Cl+3]([O-])([O-])[O-]. The summed E-state index contributed by atoms with van der Waals surface area (Å²) >= 11 is 0. The minimum Gasteiger partial charge on any atom is -0.344 e. The Kier molecular flexibility index (Phi) is 43.6. The van der Waals surface area contributed by atoms with Gasteiger partial charge in [0, 0.05) is 94.9 Å². The molecule has 4 aliphatic rings. The summed E-state index contributed by atoms with van der Waals surface area (Å²) in [5.74, 6) is 0. The number of hydrogen-bond acceptors (Lipinski definition) is 6. The highest BCUT2D eigenvalue weighted by molar-refractivity contribution is 6.04. The van der Waals surface area contributed by atoms with Crippen molar-refractivity contribution in [1.29, 1.82) is 0 Å². The Morgan fingerprint density at radius 2 is 0.514 bits per heavy atom. The van der Waals surface area contributed by atoms with E-state index in [0.717, 1.165) is 26.2 Å². The Morgan fingerprint density at radius 1 is 0.279 bits per heavy atom. The highest BCUT2D eigenvalue weighted by atomic mass is 35.7. The third kappa shape index (κ3) is 31.2. The summed E-state index contributed by atoms with van der Waals surface area (Å²) in [6.45, 7) is 32.7. The summed E-state index contributed by atoms with van der Waals surface area (Å²) in [5.41, 5.74) is 17.0. The summed E-state index contributed by atoms with van der Waals surface area (Å²) in [6, 6.07) is 36.2. The van der Waals surface area contributed by atoms with Gasteiger partial charge < -0.3 is 9.80 Å². The van der Waals surface area contributed by atoms with Gasteiger partial charge in [0.25, 0.3) is 0 Å². The molecular weight excluding hydrogens is 1380 g/mol. The third-order valence-corrected chi connectivity index (χ3v) is 24.0. The fourth-order valence-corrected chi connectivity index (χ4v) is 17.5. The van der Waals surface area contributed by atoms with E-state index in [0.29, 0.717) is 0 Å². The molecule has 4 heterocycles. The lowest BCUT2D eigenvalue weighted by Gasteiger charge is -2.27. The first-order valence-corrected chi connectivity index (χ1v) is 46.2. The molecule has 0 aromatic heterocycles. The summed E-state index contributed by atoms with van der Waals surface area (Å²) < 4.78 is 39.2. The average molecular weight is 1540 g/mol. The summed E-state index contributed by atoms with van der Waals surface area (Å²) in [5, 5.41) is 0. The molecule has 0 unspecified atom stereocenters. The normalized spacial score (nSPS) is 16.8. The fourth-order valence-electron chi connectivity index (χ4n) is 17.5. The molecule has 0 fully saturated rings. The van der Waals surface area contributed by atoms with Gasteiger partial charge in [0.1, 0.15) is 13.1 Å². The summed E-state index contributed by atoms with van der Waals surface area (Å²) in [4.78, 5) is 5.21. The Labute approximate surface area is 681 Å². The zero-order valence-electron chi connectivity index (χ0n) is 72.2. The molecule has 612 valence electrons. The van der Waals surface area contributed by atoms with E-state index in [4.69, 9.17) is 18.6 Å². The van der Waals surface area contributed by atoms with E-state index >= 15 is 0 Å². The number of unbranched alkanes of at least 4 members (excludes halogenated alkanes) is 36. The molecule has 0 radical (unpaired) electrons. The predicted molar refractivity (Wildman–Crippen MR) is 471 cm³/mol. The molecule has 0 aliphatic carbocycles. The van der Waals surface area contributed by atoms with E-state index in [1.165, 1.54) is 325 Å². The Bertz CT molecular complexity index is 3380. The number of para-hydroxylation sites is 4.